The molecule has 0 heterocycles. The molecule has 102 valence electrons. The van der Waals surface area contributed by atoms with Gasteiger partial charge in [0.05, 0.1) is 6.61 Å². The molecular weight excluding hydrogens is 248 g/mol. The molecule has 0 spiro atoms. The van der Waals surface area contributed by atoms with Crippen LogP contribution in [0.1, 0.15) is 16.7 Å². The molecule has 0 aliphatic heterocycles. The van der Waals surface area contributed by atoms with Crippen LogP contribution < -0.4 is 0 Å². The Morgan fingerprint density at radius 2 is 1.75 bits per heavy atom. The minimum absolute atomic E-state index is 0.305. The first-order valence-electron chi connectivity index (χ1n) is 6.69. The quantitative estimate of drug-likeness (QED) is 0.608. The Balaban J connectivity index is 1.75. The van der Waals surface area contributed by atoms with Gasteiger partial charge in [0.2, 0.25) is 0 Å². The van der Waals surface area contributed by atoms with E-state index < -0.39 is 0 Å². The zero-order valence-corrected chi connectivity index (χ0v) is 11.6. The van der Waals surface area contributed by atoms with Gasteiger partial charge in [-0.2, -0.15) is 0 Å². The van der Waals surface area contributed by atoms with Gasteiger partial charge in [-0.25, -0.2) is 4.79 Å². The first-order chi connectivity index (χ1) is 9.74. The highest BCUT2D eigenvalue weighted by molar-refractivity contribution is 5.87. The van der Waals surface area contributed by atoms with Crippen LogP contribution in [0.2, 0.25) is 0 Å². The molecule has 0 unspecified atom stereocenters. The van der Waals surface area contributed by atoms with Crippen molar-refractivity contribution in [2.75, 3.05) is 6.61 Å². The van der Waals surface area contributed by atoms with Gasteiger partial charge in [0, 0.05) is 12.5 Å². The first-order valence-corrected chi connectivity index (χ1v) is 6.69. The first kappa shape index (κ1) is 14.1. The lowest BCUT2D eigenvalue weighted by atomic mass is 10.1. The third-order valence-electron chi connectivity index (χ3n) is 2.97. The number of hydrogen-bond donors (Lipinski definition) is 0. The number of benzene rings is 2. The Morgan fingerprint density at radius 1 is 1.05 bits per heavy atom. The van der Waals surface area contributed by atoms with Crippen LogP contribution in [0.25, 0.3) is 6.08 Å². The largest absolute Gasteiger partial charge is 0.462 e. The summed E-state index contributed by atoms with van der Waals surface area (Å²) in [5.74, 6) is -0.305. The van der Waals surface area contributed by atoms with E-state index in [0.717, 1.165) is 12.0 Å². The average molecular weight is 266 g/mol. The average Bonchev–Trinajstić information content (AvgIpc) is 2.48. The number of rotatable bonds is 5. The molecule has 0 N–H and O–H groups in total. The molecule has 0 aliphatic rings. The third kappa shape index (κ3) is 4.73. The Bertz CT molecular complexity index is 568. The summed E-state index contributed by atoms with van der Waals surface area (Å²) in [4.78, 5) is 11.6. The third-order valence-corrected chi connectivity index (χ3v) is 2.97. The zero-order chi connectivity index (χ0) is 14.2. The molecule has 0 fully saturated rings. The molecule has 0 atom stereocenters. The van der Waals surface area contributed by atoms with E-state index in [-0.39, 0.29) is 5.97 Å². The summed E-state index contributed by atoms with van der Waals surface area (Å²) >= 11 is 0. The molecule has 2 aromatic carbocycles. The van der Waals surface area contributed by atoms with Gasteiger partial charge in [-0.3, -0.25) is 0 Å². The summed E-state index contributed by atoms with van der Waals surface area (Å²) in [6, 6.07) is 17.9. The van der Waals surface area contributed by atoms with E-state index in [1.807, 2.05) is 30.3 Å². The highest BCUT2D eigenvalue weighted by Crippen LogP contribution is 2.04. The van der Waals surface area contributed by atoms with E-state index in [9.17, 15) is 4.79 Å². The second kappa shape index (κ2) is 7.29. The SMILES string of the molecule is Cc1ccc(CCOC(=O)/C=C/c2ccccc2)cc1. The van der Waals surface area contributed by atoms with E-state index in [2.05, 4.69) is 31.2 Å². The summed E-state index contributed by atoms with van der Waals surface area (Å²) in [5.41, 5.74) is 3.40. The van der Waals surface area contributed by atoms with Crippen molar-refractivity contribution < 1.29 is 9.53 Å². The molecule has 0 saturated carbocycles. The number of esters is 1. The van der Waals surface area contributed by atoms with E-state index >= 15 is 0 Å². The number of hydrogen-bond acceptors (Lipinski definition) is 2. The van der Waals surface area contributed by atoms with Crippen molar-refractivity contribution >= 4 is 12.0 Å². The van der Waals surface area contributed by atoms with Gasteiger partial charge in [0.15, 0.2) is 0 Å². The van der Waals surface area contributed by atoms with Gasteiger partial charge in [0.25, 0.3) is 0 Å². The lowest BCUT2D eigenvalue weighted by molar-refractivity contribution is -0.137. The van der Waals surface area contributed by atoms with Gasteiger partial charge < -0.3 is 4.74 Å². The van der Waals surface area contributed by atoms with Gasteiger partial charge in [-0.05, 0) is 24.1 Å². The van der Waals surface area contributed by atoms with Crippen molar-refractivity contribution in [3.63, 3.8) is 0 Å². The summed E-state index contributed by atoms with van der Waals surface area (Å²) in [6.07, 6.45) is 3.96. The molecule has 0 saturated heterocycles. The standard InChI is InChI=1S/C18H18O2/c1-15-7-9-17(10-8-15)13-14-20-18(19)12-11-16-5-3-2-4-6-16/h2-12H,13-14H2,1H3/b12-11+. The molecule has 2 aromatic rings. The summed E-state index contributed by atoms with van der Waals surface area (Å²) in [5, 5.41) is 0. The molecule has 2 nitrogen and oxygen atoms in total. The van der Waals surface area contributed by atoms with Crippen molar-refractivity contribution in [1.82, 2.24) is 0 Å². The second-order valence-corrected chi connectivity index (χ2v) is 4.65. The van der Waals surface area contributed by atoms with Crippen molar-refractivity contribution in [1.29, 1.82) is 0 Å². The fourth-order valence-electron chi connectivity index (χ4n) is 1.80. The second-order valence-electron chi connectivity index (χ2n) is 4.65. The lowest BCUT2D eigenvalue weighted by Crippen LogP contribution is -2.04. The number of carbonyl (C=O) groups is 1. The van der Waals surface area contributed by atoms with Crippen LogP contribution in [0.5, 0.6) is 0 Å². The summed E-state index contributed by atoms with van der Waals surface area (Å²) in [6.45, 7) is 2.46. The normalized spacial score (nSPS) is 10.7. The Hall–Kier alpha value is -2.35. The zero-order valence-electron chi connectivity index (χ0n) is 11.6. The van der Waals surface area contributed by atoms with Crippen LogP contribution in [0.15, 0.2) is 60.7 Å². The highest BCUT2D eigenvalue weighted by atomic mass is 16.5. The Labute approximate surface area is 119 Å². The number of aryl methyl sites for hydroxylation is 1. The number of ether oxygens (including phenoxy) is 1. The summed E-state index contributed by atoms with van der Waals surface area (Å²) in [7, 11) is 0. The van der Waals surface area contributed by atoms with Crippen LogP contribution in [0.4, 0.5) is 0 Å². The van der Waals surface area contributed by atoms with Crippen LogP contribution in [0, 0.1) is 6.92 Å². The van der Waals surface area contributed by atoms with E-state index in [1.165, 1.54) is 17.2 Å². The summed E-state index contributed by atoms with van der Waals surface area (Å²) < 4.78 is 5.17. The van der Waals surface area contributed by atoms with Crippen molar-refractivity contribution in [3.8, 4) is 0 Å². The number of carbonyl (C=O) groups excluding carboxylic acids is 1. The Morgan fingerprint density at radius 3 is 2.45 bits per heavy atom. The van der Waals surface area contributed by atoms with E-state index in [1.54, 1.807) is 6.08 Å². The van der Waals surface area contributed by atoms with Crippen molar-refractivity contribution in [3.05, 3.63) is 77.4 Å². The minimum atomic E-state index is -0.305. The molecule has 0 radical (unpaired) electrons. The van der Waals surface area contributed by atoms with E-state index in [4.69, 9.17) is 4.74 Å². The van der Waals surface area contributed by atoms with E-state index in [0.29, 0.717) is 6.61 Å². The van der Waals surface area contributed by atoms with Crippen LogP contribution in [0.3, 0.4) is 0 Å². The van der Waals surface area contributed by atoms with Gasteiger partial charge in [0.1, 0.15) is 0 Å². The molecular formula is C18H18O2. The minimum Gasteiger partial charge on any atom is -0.462 e. The van der Waals surface area contributed by atoms with Crippen molar-refractivity contribution in [2.45, 2.75) is 13.3 Å². The maximum Gasteiger partial charge on any atom is 0.330 e. The smallest absolute Gasteiger partial charge is 0.330 e. The molecule has 0 aromatic heterocycles. The molecule has 0 bridgehead atoms. The van der Waals surface area contributed by atoms with Crippen molar-refractivity contribution in [2.24, 2.45) is 0 Å². The van der Waals surface area contributed by atoms with Crippen LogP contribution in [-0.2, 0) is 16.0 Å². The lowest BCUT2D eigenvalue weighted by Gasteiger charge is -2.03. The highest BCUT2D eigenvalue weighted by Gasteiger charge is 1.98. The van der Waals surface area contributed by atoms with Gasteiger partial charge >= 0.3 is 5.97 Å². The maximum atomic E-state index is 11.6. The molecule has 0 aliphatic carbocycles. The molecule has 2 heteroatoms. The fourth-order valence-corrected chi connectivity index (χ4v) is 1.80. The topological polar surface area (TPSA) is 26.3 Å². The fraction of sp³-hybridized carbons (Fsp3) is 0.167. The van der Waals surface area contributed by atoms with Gasteiger partial charge in [-0.1, -0.05) is 60.2 Å². The van der Waals surface area contributed by atoms with Crippen LogP contribution >= 0.6 is 0 Å². The monoisotopic (exact) mass is 266 g/mol. The molecule has 20 heavy (non-hydrogen) atoms. The maximum absolute atomic E-state index is 11.6. The Kier molecular flexibility index (Phi) is 5.13. The van der Waals surface area contributed by atoms with Gasteiger partial charge in [-0.15, -0.1) is 0 Å². The predicted molar refractivity (Wildman–Crippen MR) is 81.3 cm³/mol. The van der Waals surface area contributed by atoms with Crippen LogP contribution in [-0.4, -0.2) is 12.6 Å². The predicted octanol–water partition coefficient (Wildman–Crippen LogP) is 3.79. The molecule has 2 rings (SSSR count). The molecule has 0 amide bonds.